The van der Waals surface area contributed by atoms with E-state index < -0.39 is 8.56 Å². The average molecular weight is 206 g/mol. The van der Waals surface area contributed by atoms with Crippen LogP contribution < -0.4 is 0 Å². The van der Waals surface area contributed by atoms with Gasteiger partial charge in [0.05, 0.1) is 0 Å². The Bertz CT molecular complexity index is 145. The predicted molar refractivity (Wildman–Crippen MR) is 58.2 cm³/mol. The van der Waals surface area contributed by atoms with Gasteiger partial charge in [-0.15, -0.1) is 0 Å². The molecule has 0 aromatic rings. The average Bonchev–Trinajstić information content (AvgIpc) is 2.20. The van der Waals surface area contributed by atoms with Crippen molar-refractivity contribution in [2.45, 2.75) is 25.4 Å². The van der Waals surface area contributed by atoms with Crippen LogP contribution in [0.1, 0.15) is 14.7 Å². The van der Waals surface area contributed by atoms with Gasteiger partial charge in [0.1, 0.15) is 0 Å². The molecule has 0 saturated heterocycles. The normalized spacial score (nSPS) is 16.0. The van der Waals surface area contributed by atoms with Crippen LogP contribution in [0.2, 0.25) is 12.1 Å². The van der Waals surface area contributed by atoms with E-state index in [-0.39, 0.29) is 6.52 Å². The second-order valence-corrected chi connectivity index (χ2v) is 7.20. The fourth-order valence-corrected chi connectivity index (χ4v) is 3.37. The summed E-state index contributed by atoms with van der Waals surface area (Å²) in [5.74, 6) is 0. The Morgan fingerprint density at radius 1 is 1.31 bits per heavy atom. The van der Waals surface area contributed by atoms with E-state index in [1.165, 1.54) is 0 Å². The van der Waals surface area contributed by atoms with Crippen LogP contribution in [-0.4, -0.2) is 48.3 Å². The topological polar surface area (TPSA) is 21.7 Å². The van der Waals surface area contributed by atoms with Crippen molar-refractivity contribution in [3.8, 4) is 0 Å². The van der Waals surface area contributed by atoms with Gasteiger partial charge in [-0.2, -0.15) is 0 Å². The second-order valence-electron chi connectivity index (χ2n) is 3.36. The Hall–Kier alpha value is 0.0969. The molecule has 0 heterocycles. The van der Waals surface area contributed by atoms with E-state index in [0.717, 1.165) is 18.5 Å². The summed E-state index contributed by atoms with van der Waals surface area (Å²) < 4.78 is 18.7. The van der Waals surface area contributed by atoms with Crippen molar-refractivity contribution in [3.05, 3.63) is 0 Å². The molecule has 13 heavy (non-hydrogen) atoms. The quantitative estimate of drug-likeness (QED) is 0.592. The standard InChI is InChI=1S/C9H23NO2Si/c1-6-13(11-4,12-5)9-7-8-10(2)3/h6-9H2,1-5H3/i8D. The van der Waals surface area contributed by atoms with Crippen molar-refractivity contribution >= 4 is 8.56 Å². The van der Waals surface area contributed by atoms with Crippen LogP contribution in [0.15, 0.2) is 0 Å². The van der Waals surface area contributed by atoms with E-state index in [2.05, 4.69) is 6.92 Å². The van der Waals surface area contributed by atoms with E-state index in [9.17, 15) is 0 Å². The first-order valence-corrected chi connectivity index (χ1v) is 6.93. The summed E-state index contributed by atoms with van der Waals surface area (Å²) in [5, 5.41) is 0. The molecule has 0 aliphatic heterocycles. The van der Waals surface area contributed by atoms with E-state index in [0.29, 0.717) is 0 Å². The van der Waals surface area contributed by atoms with Gasteiger partial charge in [-0.3, -0.25) is 0 Å². The van der Waals surface area contributed by atoms with Gasteiger partial charge in [0.15, 0.2) is 0 Å². The van der Waals surface area contributed by atoms with Gasteiger partial charge in [0.25, 0.3) is 0 Å². The Labute approximate surface area is 84.7 Å². The summed E-state index contributed by atoms with van der Waals surface area (Å²) in [6, 6.07) is 1.84. The first kappa shape index (κ1) is 11.2. The maximum absolute atomic E-state index is 7.77. The van der Waals surface area contributed by atoms with Gasteiger partial charge in [0.2, 0.25) is 0 Å². The van der Waals surface area contributed by atoms with Crippen molar-refractivity contribution in [1.29, 1.82) is 0 Å². The Morgan fingerprint density at radius 2 is 1.85 bits per heavy atom. The van der Waals surface area contributed by atoms with Gasteiger partial charge in [0, 0.05) is 15.6 Å². The third-order valence-electron chi connectivity index (χ3n) is 2.30. The first-order chi connectivity index (χ1) is 6.51. The van der Waals surface area contributed by atoms with E-state index in [4.69, 9.17) is 10.2 Å². The molecule has 1 unspecified atom stereocenters. The van der Waals surface area contributed by atoms with Gasteiger partial charge in [-0.1, -0.05) is 6.92 Å². The van der Waals surface area contributed by atoms with Gasteiger partial charge in [-0.05, 0) is 39.1 Å². The van der Waals surface area contributed by atoms with Crippen LogP contribution in [0.3, 0.4) is 0 Å². The fourth-order valence-electron chi connectivity index (χ4n) is 1.30. The summed E-state index contributed by atoms with van der Waals surface area (Å²) in [5.41, 5.74) is 0. The minimum Gasteiger partial charge on any atom is -0.398 e. The molecule has 0 aliphatic rings. The minimum atomic E-state index is -1.97. The van der Waals surface area contributed by atoms with Gasteiger partial charge in [-0.25, -0.2) is 0 Å². The Balaban J connectivity index is 4.05. The van der Waals surface area contributed by atoms with Gasteiger partial charge < -0.3 is 13.8 Å². The summed E-state index contributed by atoms with van der Waals surface area (Å²) in [6.07, 6.45) is 0.814. The van der Waals surface area contributed by atoms with Crippen molar-refractivity contribution < 1.29 is 10.2 Å². The molecular weight excluding hydrogens is 182 g/mol. The number of nitrogens with zero attached hydrogens (tertiary/aromatic N) is 1. The lowest BCUT2D eigenvalue weighted by atomic mass is 10.5. The zero-order chi connectivity index (χ0) is 11.2. The highest BCUT2D eigenvalue weighted by molar-refractivity contribution is 6.67. The molecule has 80 valence electrons. The molecule has 0 aromatic carbocycles. The molecular formula is C9H23NO2Si. The molecule has 0 aliphatic carbocycles. The van der Waals surface area contributed by atoms with Crippen LogP contribution in [0.5, 0.6) is 0 Å². The fraction of sp³-hybridized carbons (Fsp3) is 1.00. The number of rotatable bonds is 7. The van der Waals surface area contributed by atoms with Crippen LogP contribution in [0.25, 0.3) is 0 Å². The van der Waals surface area contributed by atoms with Gasteiger partial charge >= 0.3 is 8.56 Å². The van der Waals surface area contributed by atoms with E-state index in [1.807, 2.05) is 19.0 Å². The monoisotopic (exact) mass is 206 g/mol. The molecule has 0 rings (SSSR count). The molecule has 0 aromatic heterocycles. The maximum atomic E-state index is 7.77. The van der Waals surface area contributed by atoms with Crippen molar-refractivity contribution in [2.24, 2.45) is 0 Å². The molecule has 0 N–H and O–H groups in total. The number of hydrogen-bond acceptors (Lipinski definition) is 3. The molecule has 0 bridgehead atoms. The summed E-state index contributed by atoms with van der Waals surface area (Å²) in [6.45, 7) is 1.94. The SMILES string of the molecule is [2H]C(CC[Si](CC)(OC)OC)N(C)C. The smallest absolute Gasteiger partial charge is 0.337 e. The molecule has 0 saturated carbocycles. The van der Waals surface area contributed by atoms with E-state index in [1.54, 1.807) is 14.2 Å². The zero-order valence-electron chi connectivity index (χ0n) is 10.5. The highest BCUT2D eigenvalue weighted by Gasteiger charge is 2.32. The Morgan fingerprint density at radius 3 is 2.15 bits per heavy atom. The highest BCUT2D eigenvalue weighted by atomic mass is 28.4. The summed E-state index contributed by atoms with van der Waals surface area (Å²) in [7, 11) is 5.31. The van der Waals surface area contributed by atoms with E-state index >= 15 is 0 Å². The predicted octanol–water partition coefficient (Wildman–Crippen LogP) is 1.69. The molecule has 4 heteroatoms. The minimum absolute atomic E-state index is 0.154. The Kier molecular flexibility index (Phi) is 5.62. The van der Waals surface area contributed by atoms with Crippen molar-refractivity contribution in [1.82, 2.24) is 4.90 Å². The summed E-state index contributed by atoms with van der Waals surface area (Å²) >= 11 is 0. The second kappa shape index (κ2) is 6.54. The van der Waals surface area contributed by atoms with Crippen LogP contribution in [-0.2, 0) is 8.85 Å². The lowest BCUT2D eigenvalue weighted by molar-refractivity contribution is 0.239. The zero-order valence-corrected chi connectivity index (χ0v) is 10.5. The number of hydrogen-bond donors (Lipinski definition) is 0. The molecule has 0 amide bonds. The lowest BCUT2D eigenvalue weighted by Gasteiger charge is -2.26. The van der Waals surface area contributed by atoms with Crippen LogP contribution in [0.4, 0.5) is 0 Å². The largest absolute Gasteiger partial charge is 0.398 e. The third kappa shape index (κ3) is 4.76. The van der Waals surface area contributed by atoms with Crippen molar-refractivity contribution in [3.63, 3.8) is 0 Å². The van der Waals surface area contributed by atoms with Crippen molar-refractivity contribution in [2.75, 3.05) is 34.8 Å². The molecule has 0 spiro atoms. The van der Waals surface area contributed by atoms with Crippen LogP contribution >= 0.6 is 0 Å². The summed E-state index contributed by atoms with van der Waals surface area (Å²) in [4.78, 5) is 1.90. The highest BCUT2D eigenvalue weighted by Crippen LogP contribution is 2.18. The molecule has 0 fully saturated rings. The van der Waals surface area contributed by atoms with Crippen LogP contribution in [0, 0.1) is 0 Å². The molecule has 0 radical (unpaired) electrons. The molecule has 1 atom stereocenters. The maximum Gasteiger partial charge on any atom is 0.337 e. The molecule has 3 nitrogen and oxygen atoms in total. The first-order valence-electron chi connectivity index (χ1n) is 5.28. The lowest BCUT2D eigenvalue weighted by Crippen LogP contribution is -2.39. The third-order valence-corrected chi connectivity index (χ3v) is 5.92.